The van der Waals surface area contributed by atoms with Crippen molar-refractivity contribution in [3.8, 4) is 5.75 Å². The van der Waals surface area contributed by atoms with Crippen LogP contribution in [0.25, 0.3) is 6.08 Å². The number of hydrogen-bond donors (Lipinski definition) is 0. The second kappa shape index (κ2) is 11.3. The minimum Gasteiger partial charge on any atom is -0.497 e. The van der Waals surface area contributed by atoms with Crippen molar-refractivity contribution in [2.75, 3.05) is 20.8 Å². The Labute approximate surface area is 197 Å². The molecule has 2 aliphatic rings. The molecule has 1 aromatic carbocycles. The number of methoxy groups -OCH3 is 2. The van der Waals surface area contributed by atoms with Crippen molar-refractivity contribution < 1.29 is 28.5 Å². The minimum atomic E-state index is -0.380. The maximum atomic E-state index is 12.6. The average Bonchev–Trinajstić information content (AvgIpc) is 3.48. The van der Waals surface area contributed by atoms with Gasteiger partial charge in [-0.3, -0.25) is 0 Å². The molecule has 182 valence electrons. The van der Waals surface area contributed by atoms with Crippen LogP contribution in [0, 0.1) is 5.92 Å². The highest BCUT2D eigenvalue weighted by Crippen LogP contribution is 2.52. The third-order valence-electron chi connectivity index (χ3n) is 6.69. The predicted molar refractivity (Wildman–Crippen MR) is 128 cm³/mol. The highest BCUT2D eigenvalue weighted by molar-refractivity contribution is 5.87. The molecule has 0 aromatic heterocycles. The SMILES string of the molecule is CCO[C@@H]1CC[C@@H](OC(=O)/C=C/c2ccc(OC)cc2)[C@@H](OC)C1[C@]1(C)O[C@H]1CC=C(C)C. The second-order valence-corrected chi connectivity index (χ2v) is 9.19. The molecule has 1 aromatic rings. The van der Waals surface area contributed by atoms with Crippen LogP contribution in [0.3, 0.4) is 0 Å². The number of benzene rings is 1. The van der Waals surface area contributed by atoms with Gasteiger partial charge >= 0.3 is 5.97 Å². The number of rotatable bonds is 10. The second-order valence-electron chi connectivity index (χ2n) is 9.19. The molecule has 1 heterocycles. The summed E-state index contributed by atoms with van der Waals surface area (Å²) in [7, 11) is 3.30. The Morgan fingerprint density at radius 1 is 1.15 bits per heavy atom. The lowest BCUT2D eigenvalue weighted by molar-refractivity contribution is -0.176. The summed E-state index contributed by atoms with van der Waals surface area (Å²) in [5.41, 5.74) is 1.81. The molecule has 0 spiro atoms. The monoisotopic (exact) mass is 458 g/mol. The zero-order valence-electron chi connectivity index (χ0n) is 20.7. The largest absolute Gasteiger partial charge is 0.497 e. The fourth-order valence-corrected chi connectivity index (χ4v) is 4.89. The molecule has 33 heavy (non-hydrogen) atoms. The molecule has 6 atom stereocenters. The first-order valence-electron chi connectivity index (χ1n) is 11.8. The van der Waals surface area contributed by atoms with Gasteiger partial charge in [0.25, 0.3) is 0 Å². The first kappa shape index (κ1) is 25.5. The summed E-state index contributed by atoms with van der Waals surface area (Å²) in [6.45, 7) is 8.95. The van der Waals surface area contributed by atoms with E-state index in [0.717, 1.165) is 24.2 Å². The van der Waals surface area contributed by atoms with E-state index in [1.807, 2.05) is 31.2 Å². The maximum Gasteiger partial charge on any atom is 0.331 e. The fourth-order valence-electron chi connectivity index (χ4n) is 4.89. The van der Waals surface area contributed by atoms with Crippen molar-refractivity contribution in [1.82, 2.24) is 0 Å². The van der Waals surface area contributed by atoms with E-state index in [9.17, 15) is 4.79 Å². The van der Waals surface area contributed by atoms with Gasteiger partial charge in [-0.2, -0.15) is 0 Å². The van der Waals surface area contributed by atoms with E-state index in [4.69, 9.17) is 23.7 Å². The summed E-state index contributed by atoms with van der Waals surface area (Å²) in [4.78, 5) is 12.6. The Morgan fingerprint density at radius 2 is 1.85 bits per heavy atom. The molecule has 1 saturated heterocycles. The topological polar surface area (TPSA) is 66.5 Å². The maximum absolute atomic E-state index is 12.6. The average molecular weight is 459 g/mol. The fraction of sp³-hybridized carbons (Fsp3) is 0.593. The molecule has 1 saturated carbocycles. The Bertz CT molecular complexity index is 841. The normalized spacial score (nSPS) is 31.3. The highest BCUT2D eigenvalue weighted by Gasteiger charge is 2.63. The van der Waals surface area contributed by atoms with E-state index in [0.29, 0.717) is 13.0 Å². The van der Waals surface area contributed by atoms with Crippen molar-refractivity contribution in [2.24, 2.45) is 5.92 Å². The third-order valence-corrected chi connectivity index (χ3v) is 6.69. The molecule has 6 heteroatoms. The zero-order chi connectivity index (χ0) is 24.0. The predicted octanol–water partition coefficient (Wildman–Crippen LogP) is 4.96. The molecule has 6 nitrogen and oxygen atoms in total. The molecule has 0 bridgehead atoms. The van der Waals surface area contributed by atoms with Gasteiger partial charge in [0.1, 0.15) is 23.6 Å². The number of allylic oxidation sites excluding steroid dienone is 1. The van der Waals surface area contributed by atoms with Crippen LogP contribution in [-0.2, 0) is 23.7 Å². The van der Waals surface area contributed by atoms with Crippen molar-refractivity contribution in [3.63, 3.8) is 0 Å². The first-order chi connectivity index (χ1) is 15.8. The number of esters is 1. The van der Waals surface area contributed by atoms with Gasteiger partial charge in [0.05, 0.1) is 19.3 Å². The van der Waals surface area contributed by atoms with Crippen LogP contribution in [0.4, 0.5) is 0 Å². The van der Waals surface area contributed by atoms with E-state index in [1.54, 1.807) is 20.3 Å². The van der Waals surface area contributed by atoms with Crippen LogP contribution in [0.15, 0.2) is 42.0 Å². The van der Waals surface area contributed by atoms with Crippen LogP contribution in [0.1, 0.15) is 52.5 Å². The minimum absolute atomic E-state index is 0.00597. The molecule has 1 aliphatic carbocycles. The van der Waals surface area contributed by atoms with Crippen LogP contribution in [0.5, 0.6) is 5.75 Å². The van der Waals surface area contributed by atoms with E-state index in [-0.39, 0.29) is 41.9 Å². The van der Waals surface area contributed by atoms with Crippen molar-refractivity contribution >= 4 is 12.0 Å². The van der Waals surface area contributed by atoms with Gasteiger partial charge < -0.3 is 23.7 Å². The quantitative estimate of drug-likeness (QED) is 0.214. The number of ether oxygens (including phenoxy) is 5. The molecule has 0 radical (unpaired) electrons. The first-order valence-corrected chi connectivity index (χ1v) is 11.8. The number of epoxide rings is 1. The van der Waals surface area contributed by atoms with E-state index in [1.165, 1.54) is 11.6 Å². The van der Waals surface area contributed by atoms with Gasteiger partial charge in [-0.25, -0.2) is 4.79 Å². The van der Waals surface area contributed by atoms with Crippen LogP contribution >= 0.6 is 0 Å². The van der Waals surface area contributed by atoms with Crippen LogP contribution in [0.2, 0.25) is 0 Å². The molecule has 1 unspecified atom stereocenters. The summed E-state index contributed by atoms with van der Waals surface area (Å²) in [5, 5.41) is 0. The molecule has 1 aliphatic heterocycles. The van der Waals surface area contributed by atoms with Gasteiger partial charge in [-0.1, -0.05) is 23.8 Å². The summed E-state index contributed by atoms with van der Waals surface area (Å²) in [5.74, 6) is 0.373. The lowest BCUT2D eigenvalue weighted by Crippen LogP contribution is -2.54. The van der Waals surface area contributed by atoms with Gasteiger partial charge in [-0.05, 0) is 70.7 Å². The Morgan fingerprint density at radius 3 is 2.45 bits per heavy atom. The summed E-state index contributed by atoms with van der Waals surface area (Å²) in [6, 6.07) is 7.49. The Hall–Kier alpha value is -2.15. The van der Waals surface area contributed by atoms with E-state index >= 15 is 0 Å². The van der Waals surface area contributed by atoms with Crippen molar-refractivity contribution in [2.45, 2.75) is 77.0 Å². The molecular formula is C27H38O6. The van der Waals surface area contributed by atoms with Crippen molar-refractivity contribution in [3.05, 3.63) is 47.6 Å². The molecule has 0 amide bonds. The molecule has 0 N–H and O–H groups in total. The van der Waals surface area contributed by atoms with E-state index < -0.39 is 0 Å². The number of carbonyl (C=O) groups excluding carboxylic acids is 1. The third kappa shape index (κ3) is 6.25. The van der Waals surface area contributed by atoms with Gasteiger partial charge in [0.2, 0.25) is 0 Å². The summed E-state index contributed by atoms with van der Waals surface area (Å²) < 4.78 is 29.3. The number of carbonyl (C=O) groups is 1. The van der Waals surface area contributed by atoms with Gasteiger partial charge in [0, 0.05) is 25.7 Å². The Balaban J connectivity index is 1.70. The molecule has 3 rings (SSSR count). The molecular weight excluding hydrogens is 420 g/mol. The lowest BCUT2D eigenvalue weighted by Gasteiger charge is -2.43. The van der Waals surface area contributed by atoms with Gasteiger partial charge in [-0.15, -0.1) is 0 Å². The number of hydrogen-bond acceptors (Lipinski definition) is 6. The standard InChI is InChI=1S/C27H38O6/c1-7-31-21-14-15-22(32-24(28)17-11-19-9-12-20(29-5)13-10-19)26(30-6)25(21)27(4)23(33-27)16-8-18(2)3/h8-13,17,21-23,25-26H,7,14-16H2,1-6H3/b17-11+/t21-,22-,23+,25?,26-,27-/m1/s1. The smallest absolute Gasteiger partial charge is 0.331 e. The van der Waals surface area contributed by atoms with Crippen LogP contribution < -0.4 is 4.74 Å². The lowest BCUT2D eigenvalue weighted by atomic mass is 9.73. The zero-order valence-corrected chi connectivity index (χ0v) is 20.7. The Kier molecular flexibility index (Phi) is 8.74. The van der Waals surface area contributed by atoms with Gasteiger partial charge in [0.15, 0.2) is 0 Å². The van der Waals surface area contributed by atoms with Crippen LogP contribution in [-0.4, -0.2) is 56.8 Å². The summed E-state index contributed by atoms with van der Waals surface area (Å²) >= 11 is 0. The van der Waals surface area contributed by atoms with Crippen molar-refractivity contribution in [1.29, 1.82) is 0 Å². The molecule has 2 fully saturated rings. The highest BCUT2D eigenvalue weighted by atomic mass is 16.6. The summed E-state index contributed by atoms with van der Waals surface area (Å²) in [6.07, 6.45) is 7.23. The van der Waals surface area contributed by atoms with E-state index in [2.05, 4.69) is 26.8 Å².